The van der Waals surface area contributed by atoms with Gasteiger partial charge in [0.25, 0.3) is 0 Å². The number of nitrogen functional groups attached to an aromatic ring is 2. The van der Waals surface area contributed by atoms with Crippen LogP contribution in [0.4, 0.5) is 11.4 Å². The molecule has 1 aromatic carbocycles. The molecule has 0 saturated carbocycles. The zero-order valence-corrected chi connectivity index (χ0v) is 11.7. The Balaban J connectivity index is 2.25. The maximum Gasteiger partial charge on any atom is 0.161 e. The molecular formula is C13H20N2O2S. The lowest BCUT2D eigenvalue weighted by molar-refractivity contribution is 0.296. The minimum atomic E-state index is 0.465. The average Bonchev–Trinajstić information content (AvgIpc) is 2.40. The van der Waals surface area contributed by atoms with E-state index in [0.717, 1.165) is 11.3 Å². The lowest BCUT2D eigenvalue weighted by Crippen LogP contribution is -2.20. The van der Waals surface area contributed by atoms with Crippen LogP contribution < -0.4 is 20.9 Å². The van der Waals surface area contributed by atoms with Gasteiger partial charge >= 0.3 is 0 Å². The van der Waals surface area contributed by atoms with Crippen LogP contribution in [0.5, 0.6) is 11.5 Å². The van der Waals surface area contributed by atoms with Crippen LogP contribution >= 0.6 is 11.8 Å². The van der Waals surface area contributed by atoms with Gasteiger partial charge in [0.15, 0.2) is 5.75 Å². The molecule has 1 heterocycles. The van der Waals surface area contributed by atoms with Gasteiger partial charge in [0.1, 0.15) is 18.0 Å². The molecular weight excluding hydrogens is 248 g/mol. The second kappa shape index (κ2) is 5.61. The van der Waals surface area contributed by atoms with Crippen LogP contribution in [0.2, 0.25) is 0 Å². The van der Waals surface area contributed by atoms with Gasteiger partial charge in [-0.15, -0.1) is 11.8 Å². The summed E-state index contributed by atoms with van der Waals surface area (Å²) in [6.07, 6.45) is 3.55. The molecule has 0 aromatic heterocycles. The number of nitrogens with two attached hydrogens (primary N) is 2. The van der Waals surface area contributed by atoms with Crippen molar-refractivity contribution in [1.29, 1.82) is 0 Å². The predicted octanol–water partition coefficient (Wildman–Crippen LogP) is 2.90. The topological polar surface area (TPSA) is 70.5 Å². The molecule has 100 valence electrons. The SMILES string of the molecule is CCCCC1COc2c(N)c(OC)cc(N)c2S1. The van der Waals surface area contributed by atoms with Crippen molar-refractivity contribution in [3.8, 4) is 11.5 Å². The Morgan fingerprint density at radius 1 is 1.50 bits per heavy atom. The summed E-state index contributed by atoms with van der Waals surface area (Å²) in [7, 11) is 1.58. The van der Waals surface area contributed by atoms with E-state index in [2.05, 4.69) is 6.92 Å². The molecule has 18 heavy (non-hydrogen) atoms. The van der Waals surface area contributed by atoms with Crippen LogP contribution in [0.3, 0.4) is 0 Å². The van der Waals surface area contributed by atoms with E-state index in [0.29, 0.717) is 34.7 Å². The number of unbranched alkanes of at least 4 members (excludes halogenated alkanes) is 1. The quantitative estimate of drug-likeness (QED) is 0.822. The molecule has 1 atom stereocenters. The third-order valence-corrected chi connectivity index (χ3v) is 4.42. The second-order valence-corrected chi connectivity index (χ2v) is 5.74. The lowest BCUT2D eigenvalue weighted by Gasteiger charge is -2.27. The van der Waals surface area contributed by atoms with Crippen molar-refractivity contribution in [2.75, 3.05) is 25.2 Å². The Kier molecular flexibility index (Phi) is 4.11. The molecule has 0 bridgehead atoms. The molecule has 1 unspecified atom stereocenters. The first-order valence-corrected chi connectivity index (χ1v) is 7.10. The summed E-state index contributed by atoms with van der Waals surface area (Å²) in [6, 6.07) is 1.77. The van der Waals surface area contributed by atoms with Gasteiger partial charge in [-0.05, 0) is 6.42 Å². The highest BCUT2D eigenvalue weighted by molar-refractivity contribution is 8.00. The van der Waals surface area contributed by atoms with Crippen molar-refractivity contribution in [3.63, 3.8) is 0 Å². The predicted molar refractivity (Wildman–Crippen MR) is 76.5 cm³/mol. The minimum absolute atomic E-state index is 0.465. The number of ether oxygens (including phenoxy) is 2. The Bertz CT molecular complexity index is 437. The highest BCUT2D eigenvalue weighted by atomic mass is 32.2. The monoisotopic (exact) mass is 268 g/mol. The van der Waals surface area contributed by atoms with Crippen LogP contribution in [-0.4, -0.2) is 19.0 Å². The van der Waals surface area contributed by atoms with E-state index in [-0.39, 0.29) is 0 Å². The standard InChI is InChI=1S/C13H20N2O2S/c1-3-4-5-8-7-17-12-11(15)10(16-2)6-9(14)13(12)18-8/h6,8H,3-5,7,14-15H2,1-2H3. The van der Waals surface area contributed by atoms with E-state index in [1.807, 2.05) is 0 Å². The summed E-state index contributed by atoms with van der Waals surface area (Å²) in [5, 5.41) is 0.465. The summed E-state index contributed by atoms with van der Waals surface area (Å²) in [5.41, 5.74) is 13.3. The number of hydrogen-bond acceptors (Lipinski definition) is 5. The van der Waals surface area contributed by atoms with Crippen LogP contribution in [-0.2, 0) is 0 Å². The van der Waals surface area contributed by atoms with Crippen LogP contribution in [0.15, 0.2) is 11.0 Å². The fraction of sp³-hybridized carbons (Fsp3) is 0.538. The van der Waals surface area contributed by atoms with Crippen molar-refractivity contribution in [3.05, 3.63) is 6.07 Å². The molecule has 1 aliphatic heterocycles. The molecule has 4 nitrogen and oxygen atoms in total. The van der Waals surface area contributed by atoms with E-state index in [4.69, 9.17) is 20.9 Å². The van der Waals surface area contributed by atoms with Gasteiger partial charge in [0.05, 0.1) is 17.7 Å². The summed E-state index contributed by atoms with van der Waals surface area (Å²) >= 11 is 1.77. The fourth-order valence-electron chi connectivity index (χ4n) is 2.03. The molecule has 0 saturated heterocycles. The molecule has 2 rings (SSSR count). The number of methoxy groups -OCH3 is 1. The van der Waals surface area contributed by atoms with E-state index in [9.17, 15) is 0 Å². The van der Waals surface area contributed by atoms with Crippen molar-refractivity contribution in [1.82, 2.24) is 0 Å². The zero-order valence-electron chi connectivity index (χ0n) is 10.9. The third kappa shape index (κ3) is 2.46. The van der Waals surface area contributed by atoms with Crippen LogP contribution in [0.25, 0.3) is 0 Å². The van der Waals surface area contributed by atoms with Crippen LogP contribution in [0.1, 0.15) is 26.2 Å². The summed E-state index contributed by atoms with van der Waals surface area (Å²) in [4.78, 5) is 0.959. The normalized spacial score (nSPS) is 18.0. The first kappa shape index (κ1) is 13.2. The summed E-state index contributed by atoms with van der Waals surface area (Å²) < 4.78 is 11.0. The maximum absolute atomic E-state index is 6.04. The van der Waals surface area contributed by atoms with Crippen molar-refractivity contribution < 1.29 is 9.47 Å². The highest BCUT2D eigenvalue weighted by Gasteiger charge is 2.26. The minimum Gasteiger partial charge on any atom is -0.494 e. The first-order valence-electron chi connectivity index (χ1n) is 6.22. The second-order valence-electron chi connectivity index (χ2n) is 4.43. The number of thioether (sulfide) groups is 1. The highest BCUT2D eigenvalue weighted by Crippen LogP contribution is 2.49. The lowest BCUT2D eigenvalue weighted by atomic mass is 10.2. The largest absolute Gasteiger partial charge is 0.494 e. The van der Waals surface area contributed by atoms with Gasteiger partial charge in [-0.3, -0.25) is 0 Å². The number of anilines is 2. The molecule has 0 aliphatic carbocycles. The molecule has 5 heteroatoms. The molecule has 0 radical (unpaired) electrons. The van der Waals surface area contributed by atoms with Gasteiger partial charge in [-0.2, -0.15) is 0 Å². The molecule has 1 aromatic rings. The Hall–Kier alpha value is -1.23. The van der Waals surface area contributed by atoms with E-state index in [1.54, 1.807) is 24.9 Å². The first-order chi connectivity index (χ1) is 8.67. The average molecular weight is 268 g/mol. The van der Waals surface area contributed by atoms with Crippen LogP contribution in [0, 0.1) is 0 Å². The molecule has 1 aliphatic rings. The van der Waals surface area contributed by atoms with Gasteiger partial charge in [-0.25, -0.2) is 0 Å². The number of hydrogen-bond donors (Lipinski definition) is 2. The third-order valence-electron chi connectivity index (χ3n) is 3.06. The van der Waals surface area contributed by atoms with Gasteiger partial charge in [-0.1, -0.05) is 19.8 Å². The Morgan fingerprint density at radius 3 is 2.94 bits per heavy atom. The van der Waals surface area contributed by atoms with Crippen molar-refractivity contribution in [2.45, 2.75) is 36.3 Å². The van der Waals surface area contributed by atoms with E-state index in [1.165, 1.54) is 12.8 Å². The maximum atomic E-state index is 6.04. The Morgan fingerprint density at radius 2 is 2.28 bits per heavy atom. The van der Waals surface area contributed by atoms with Gasteiger partial charge in [0.2, 0.25) is 0 Å². The van der Waals surface area contributed by atoms with Gasteiger partial charge < -0.3 is 20.9 Å². The summed E-state index contributed by atoms with van der Waals surface area (Å²) in [6.45, 7) is 2.88. The smallest absolute Gasteiger partial charge is 0.161 e. The number of benzene rings is 1. The van der Waals surface area contributed by atoms with E-state index >= 15 is 0 Å². The van der Waals surface area contributed by atoms with Gasteiger partial charge in [0, 0.05) is 11.3 Å². The molecule has 0 fully saturated rings. The fourth-order valence-corrected chi connectivity index (χ4v) is 3.26. The molecule has 0 amide bonds. The Labute approximate surface area is 112 Å². The summed E-state index contributed by atoms with van der Waals surface area (Å²) in [5.74, 6) is 1.27. The molecule has 0 spiro atoms. The van der Waals surface area contributed by atoms with Crippen molar-refractivity contribution >= 4 is 23.1 Å². The number of rotatable bonds is 4. The van der Waals surface area contributed by atoms with E-state index < -0.39 is 0 Å². The molecule has 4 N–H and O–H groups in total. The number of fused-ring (bicyclic) bond motifs is 1. The van der Waals surface area contributed by atoms with Crippen molar-refractivity contribution in [2.24, 2.45) is 0 Å². The zero-order chi connectivity index (χ0) is 13.1.